The molecule has 1 aromatic rings. The quantitative estimate of drug-likeness (QED) is 0.741. The highest BCUT2D eigenvalue weighted by Crippen LogP contribution is 2.20. The minimum atomic E-state index is -3.88. The van der Waals surface area contributed by atoms with E-state index in [-0.39, 0.29) is 22.1 Å². The second kappa shape index (κ2) is 5.66. The zero-order valence-corrected chi connectivity index (χ0v) is 11.0. The molecule has 0 unspecified atom stereocenters. The maximum Gasteiger partial charge on any atom is 0.337 e. The number of nitrogens with one attached hydrogen (secondary N) is 1. The molecule has 0 saturated heterocycles. The third-order valence-corrected chi connectivity index (χ3v) is 4.03. The summed E-state index contributed by atoms with van der Waals surface area (Å²) < 4.78 is 25.9. The van der Waals surface area contributed by atoms with Gasteiger partial charge in [-0.15, -0.1) is 0 Å². The first-order valence-corrected chi connectivity index (χ1v) is 6.80. The van der Waals surface area contributed by atoms with Gasteiger partial charge in [0.1, 0.15) is 0 Å². The number of carboxylic acid groups (broad SMARTS) is 1. The number of halogens is 1. The Kier molecular flexibility index (Phi) is 4.69. The third-order valence-electron chi connectivity index (χ3n) is 2.11. The molecule has 6 nitrogen and oxygen atoms in total. The molecular weight excluding hydrogens is 282 g/mol. The van der Waals surface area contributed by atoms with Crippen LogP contribution in [0.4, 0.5) is 0 Å². The second-order valence-corrected chi connectivity index (χ2v) is 5.77. The zero-order valence-electron chi connectivity index (χ0n) is 9.42. The van der Waals surface area contributed by atoms with E-state index in [0.717, 1.165) is 6.07 Å². The maximum absolute atomic E-state index is 11.8. The Morgan fingerprint density at radius 3 is 2.61 bits per heavy atom. The van der Waals surface area contributed by atoms with Crippen LogP contribution in [-0.2, 0) is 10.0 Å². The van der Waals surface area contributed by atoms with Crippen molar-refractivity contribution < 1.29 is 23.4 Å². The summed E-state index contributed by atoms with van der Waals surface area (Å²) in [7, 11) is -3.88. The molecule has 3 N–H and O–H groups in total. The summed E-state index contributed by atoms with van der Waals surface area (Å²) in [5.74, 6) is -1.31. The van der Waals surface area contributed by atoms with E-state index in [2.05, 4.69) is 4.72 Å². The highest BCUT2D eigenvalue weighted by Gasteiger charge is 2.20. The fourth-order valence-corrected chi connectivity index (χ4v) is 2.66. The number of rotatable bonds is 5. The molecule has 1 rings (SSSR count). The molecule has 100 valence electrons. The first kappa shape index (κ1) is 14.9. The van der Waals surface area contributed by atoms with Crippen molar-refractivity contribution in [1.29, 1.82) is 0 Å². The molecule has 0 spiro atoms. The first-order valence-electron chi connectivity index (χ1n) is 4.94. The summed E-state index contributed by atoms with van der Waals surface area (Å²) in [6.07, 6.45) is 0. The molecule has 18 heavy (non-hydrogen) atoms. The summed E-state index contributed by atoms with van der Waals surface area (Å²) in [6.45, 7) is 1.12. The van der Waals surface area contributed by atoms with Crippen LogP contribution in [0.15, 0.2) is 23.1 Å². The molecule has 0 aromatic heterocycles. The van der Waals surface area contributed by atoms with Gasteiger partial charge in [-0.25, -0.2) is 17.9 Å². The molecule has 1 atom stereocenters. The van der Waals surface area contributed by atoms with Crippen molar-refractivity contribution >= 4 is 27.6 Å². The second-order valence-electron chi connectivity index (χ2n) is 3.65. The van der Waals surface area contributed by atoms with Crippen molar-refractivity contribution in [2.75, 3.05) is 6.61 Å². The van der Waals surface area contributed by atoms with Gasteiger partial charge in [0.15, 0.2) is 0 Å². The monoisotopic (exact) mass is 293 g/mol. The lowest BCUT2D eigenvalue weighted by molar-refractivity contribution is 0.0697. The van der Waals surface area contributed by atoms with Gasteiger partial charge in [0, 0.05) is 6.04 Å². The van der Waals surface area contributed by atoms with Crippen LogP contribution in [0.1, 0.15) is 17.3 Å². The van der Waals surface area contributed by atoms with Crippen molar-refractivity contribution in [3.05, 3.63) is 28.8 Å². The van der Waals surface area contributed by atoms with Crippen LogP contribution in [0.25, 0.3) is 0 Å². The smallest absolute Gasteiger partial charge is 0.337 e. The van der Waals surface area contributed by atoms with Gasteiger partial charge in [-0.3, -0.25) is 0 Å². The summed E-state index contributed by atoms with van der Waals surface area (Å²) >= 11 is 5.64. The first-order chi connectivity index (χ1) is 8.27. The molecule has 0 aliphatic rings. The molecule has 0 heterocycles. The topological polar surface area (TPSA) is 104 Å². The Balaban J connectivity index is 3.18. The van der Waals surface area contributed by atoms with Crippen molar-refractivity contribution in [2.45, 2.75) is 17.9 Å². The lowest BCUT2D eigenvalue weighted by Crippen LogP contribution is -2.35. The minimum absolute atomic E-state index is 0.0448. The van der Waals surface area contributed by atoms with E-state index in [4.69, 9.17) is 21.8 Å². The number of aliphatic hydroxyl groups is 1. The van der Waals surface area contributed by atoms with Crippen LogP contribution in [0, 0.1) is 0 Å². The number of hydrogen-bond acceptors (Lipinski definition) is 4. The maximum atomic E-state index is 11.8. The number of benzene rings is 1. The van der Waals surface area contributed by atoms with Crippen LogP contribution in [0.2, 0.25) is 5.02 Å². The Morgan fingerprint density at radius 2 is 2.11 bits per heavy atom. The van der Waals surface area contributed by atoms with Crippen molar-refractivity contribution in [1.82, 2.24) is 4.72 Å². The number of carbonyl (C=O) groups is 1. The molecule has 0 saturated carbocycles. The van der Waals surface area contributed by atoms with Crippen LogP contribution in [0.3, 0.4) is 0 Å². The van der Waals surface area contributed by atoms with Gasteiger partial charge in [0.2, 0.25) is 10.0 Å². The zero-order chi connectivity index (χ0) is 13.9. The van der Waals surface area contributed by atoms with E-state index in [1.807, 2.05) is 0 Å². The van der Waals surface area contributed by atoms with Gasteiger partial charge >= 0.3 is 5.97 Å². The summed E-state index contributed by atoms with van der Waals surface area (Å²) in [4.78, 5) is 10.6. The molecule has 0 fully saturated rings. The van der Waals surface area contributed by atoms with E-state index in [1.165, 1.54) is 19.1 Å². The number of aliphatic hydroxyl groups excluding tert-OH is 1. The van der Waals surface area contributed by atoms with Crippen molar-refractivity contribution in [2.24, 2.45) is 0 Å². The lowest BCUT2D eigenvalue weighted by Gasteiger charge is -2.12. The van der Waals surface area contributed by atoms with E-state index < -0.39 is 22.0 Å². The van der Waals surface area contributed by atoms with Gasteiger partial charge < -0.3 is 10.2 Å². The molecule has 0 aliphatic carbocycles. The highest BCUT2D eigenvalue weighted by atomic mass is 35.5. The van der Waals surface area contributed by atoms with E-state index in [9.17, 15) is 13.2 Å². The van der Waals surface area contributed by atoms with Crippen LogP contribution in [-0.4, -0.2) is 37.2 Å². The third kappa shape index (κ3) is 3.42. The molecule has 0 bridgehead atoms. The van der Waals surface area contributed by atoms with Gasteiger partial charge in [-0.1, -0.05) is 11.6 Å². The molecule has 0 aliphatic heterocycles. The van der Waals surface area contributed by atoms with Crippen LogP contribution in [0.5, 0.6) is 0 Å². The van der Waals surface area contributed by atoms with Crippen molar-refractivity contribution in [3.63, 3.8) is 0 Å². The number of sulfonamides is 1. The summed E-state index contributed by atoms with van der Waals surface area (Å²) in [5, 5.41) is 17.6. The molecule has 1 aromatic carbocycles. The lowest BCUT2D eigenvalue weighted by atomic mass is 10.2. The summed E-state index contributed by atoms with van der Waals surface area (Å²) in [6, 6.07) is 2.69. The summed E-state index contributed by atoms with van der Waals surface area (Å²) in [5.41, 5.74) is -0.295. The number of carboxylic acids is 1. The van der Waals surface area contributed by atoms with E-state index in [1.54, 1.807) is 0 Å². The Bertz CT molecular complexity index is 557. The van der Waals surface area contributed by atoms with Crippen LogP contribution >= 0.6 is 11.6 Å². The predicted octanol–water partition coefficient (Wildman–Crippen LogP) is 0.697. The van der Waals surface area contributed by atoms with Crippen LogP contribution < -0.4 is 4.72 Å². The van der Waals surface area contributed by atoms with Gasteiger partial charge in [-0.2, -0.15) is 0 Å². The normalized spacial score (nSPS) is 13.3. The molecule has 8 heteroatoms. The Hall–Kier alpha value is -1.15. The fraction of sp³-hybridized carbons (Fsp3) is 0.300. The highest BCUT2D eigenvalue weighted by molar-refractivity contribution is 7.89. The number of hydrogen-bond donors (Lipinski definition) is 3. The van der Waals surface area contributed by atoms with Crippen molar-refractivity contribution in [3.8, 4) is 0 Å². The standard InChI is InChI=1S/C10H12ClNO5S/c1-6(5-13)12-18(16,17)7-2-3-9(11)8(4-7)10(14)15/h2-4,6,12-13H,5H2,1H3,(H,14,15)/t6-/m1/s1. The van der Waals surface area contributed by atoms with E-state index >= 15 is 0 Å². The average molecular weight is 294 g/mol. The minimum Gasteiger partial charge on any atom is -0.478 e. The van der Waals surface area contributed by atoms with Gasteiger partial charge in [0.25, 0.3) is 0 Å². The molecule has 0 radical (unpaired) electrons. The Labute approximate surface area is 109 Å². The fourth-order valence-electron chi connectivity index (χ4n) is 1.21. The Morgan fingerprint density at radius 1 is 1.50 bits per heavy atom. The molecule has 0 amide bonds. The predicted molar refractivity (Wildman–Crippen MR) is 65.3 cm³/mol. The SMILES string of the molecule is C[C@H](CO)NS(=O)(=O)c1ccc(Cl)c(C(=O)O)c1. The van der Waals surface area contributed by atoms with E-state index in [0.29, 0.717) is 0 Å². The number of aromatic carboxylic acids is 1. The average Bonchev–Trinajstić information content (AvgIpc) is 2.28. The largest absolute Gasteiger partial charge is 0.478 e. The van der Waals surface area contributed by atoms with Gasteiger partial charge in [-0.05, 0) is 25.1 Å². The van der Waals surface area contributed by atoms with Gasteiger partial charge in [0.05, 0.1) is 22.1 Å². The molecular formula is C10H12ClNO5S.